The van der Waals surface area contributed by atoms with Crippen molar-refractivity contribution in [1.82, 2.24) is 9.97 Å². The fraction of sp³-hybridized carbons (Fsp3) is 0.0192. The Hall–Kier alpha value is -7.61. The fourth-order valence-corrected chi connectivity index (χ4v) is 8.78. The van der Waals surface area contributed by atoms with Crippen LogP contribution < -0.4 is 4.74 Å². The van der Waals surface area contributed by atoms with E-state index in [0.717, 1.165) is 61.8 Å². The van der Waals surface area contributed by atoms with Gasteiger partial charge in [-0.2, -0.15) is 0 Å². The highest BCUT2D eigenvalue weighted by Gasteiger charge is 2.51. The molecule has 0 radical (unpaired) electrons. The highest BCUT2D eigenvalue weighted by molar-refractivity contribution is 5.92. The molecule has 260 valence electrons. The zero-order valence-corrected chi connectivity index (χ0v) is 30.1. The van der Waals surface area contributed by atoms with Gasteiger partial charge in [-0.05, 0) is 80.6 Å². The molecule has 56 heavy (non-hydrogen) atoms. The summed E-state index contributed by atoms with van der Waals surface area (Å²) in [6.45, 7) is 7.48. The number of rotatable bonds is 4. The molecule has 11 rings (SSSR count). The molecule has 9 aromatic rings. The lowest BCUT2D eigenvalue weighted by Gasteiger charge is -2.39. The number of para-hydroxylation sites is 1. The van der Waals surface area contributed by atoms with Crippen molar-refractivity contribution in [1.29, 1.82) is 0 Å². The summed E-state index contributed by atoms with van der Waals surface area (Å²) in [5.41, 5.74) is 13.8. The van der Waals surface area contributed by atoms with Gasteiger partial charge in [0.25, 0.3) is 0 Å². The molecule has 0 N–H and O–H groups in total. The molecule has 1 unspecified atom stereocenters. The van der Waals surface area contributed by atoms with E-state index in [2.05, 4.69) is 144 Å². The second-order valence-electron chi connectivity index (χ2n) is 14.4. The molecule has 1 aliphatic carbocycles. The molecule has 4 heteroatoms. The lowest BCUT2D eigenvalue weighted by atomic mass is 9.65. The Balaban J connectivity index is 1.16. The molecule has 8 aromatic carbocycles. The second-order valence-corrected chi connectivity index (χ2v) is 14.4. The van der Waals surface area contributed by atoms with Gasteiger partial charge in [0.1, 0.15) is 11.5 Å². The first-order chi connectivity index (χ1) is 27.7. The quantitative estimate of drug-likeness (QED) is 0.170. The minimum atomic E-state index is -0.672. The van der Waals surface area contributed by atoms with E-state index in [1.807, 2.05) is 48.5 Å². The average Bonchev–Trinajstić information content (AvgIpc) is 3.56. The van der Waals surface area contributed by atoms with Crippen LogP contribution in [0.15, 0.2) is 188 Å². The zero-order chi connectivity index (χ0) is 37.2. The smallest absolute Gasteiger partial charge is 0.187 e. The number of nitrogens with zero attached hydrogens (tertiary/aromatic N) is 3. The predicted molar refractivity (Wildman–Crippen MR) is 225 cm³/mol. The maximum absolute atomic E-state index is 7.48. The third-order valence-electron chi connectivity index (χ3n) is 11.4. The summed E-state index contributed by atoms with van der Waals surface area (Å²) >= 11 is 0. The van der Waals surface area contributed by atoms with Gasteiger partial charge in [-0.25, -0.2) is 14.8 Å². The molecule has 0 amide bonds. The molecule has 1 atom stereocenters. The maximum Gasteiger partial charge on any atom is 0.187 e. The van der Waals surface area contributed by atoms with E-state index < -0.39 is 5.41 Å². The van der Waals surface area contributed by atoms with Gasteiger partial charge in [-0.1, -0.05) is 152 Å². The molecule has 0 bridgehead atoms. The van der Waals surface area contributed by atoms with Crippen molar-refractivity contribution in [3.63, 3.8) is 0 Å². The molecule has 1 aromatic heterocycles. The lowest BCUT2D eigenvalue weighted by molar-refractivity contribution is 0.436. The van der Waals surface area contributed by atoms with Crippen LogP contribution in [-0.2, 0) is 5.41 Å². The maximum atomic E-state index is 7.48. The highest BCUT2D eigenvalue weighted by Crippen LogP contribution is 2.62. The van der Waals surface area contributed by atoms with Crippen molar-refractivity contribution in [2.75, 3.05) is 0 Å². The van der Waals surface area contributed by atoms with Crippen molar-refractivity contribution < 1.29 is 4.74 Å². The number of hydrogen-bond donors (Lipinski definition) is 0. The van der Waals surface area contributed by atoms with E-state index in [1.54, 1.807) is 0 Å². The first kappa shape index (κ1) is 31.9. The van der Waals surface area contributed by atoms with Gasteiger partial charge in [0.2, 0.25) is 0 Å². The van der Waals surface area contributed by atoms with Crippen molar-refractivity contribution >= 4 is 16.5 Å². The molecule has 1 aliphatic heterocycles. The average molecular weight is 714 g/mol. The Kier molecular flexibility index (Phi) is 7.10. The van der Waals surface area contributed by atoms with Crippen molar-refractivity contribution in [2.24, 2.45) is 0 Å². The predicted octanol–water partition coefficient (Wildman–Crippen LogP) is 13.3. The van der Waals surface area contributed by atoms with E-state index in [1.165, 1.54) is 33.0 Å². The van der Waals surface area contributed by atoms with Gasteiger partial charge in [0.15, 0.2) is 11.5 Å². The Labute approximate surface area is 324 Å². The van der Waals surface area contributed by atoms with E-state index in [9.17, 15) is 0 Å². The summed E-state index contributed by atoms with van der Waals surface area (Å²) in [5.74, 6) is 2.35. The van der Waals surface area contributed by atoms with E-state index in [-0.39, 0.29) is 0 Å². The summed E-state index contributed by atoms with van der Waals surface area (Å²) in [5, 5.41) is 2.36. The Bertz CT molecular complexity index is 3070. The normalized spacial score (nSPS) is 14.6. The van der Waals surface area contributed by atoms with E-state index in [4.69, 9.17) is 21.3 Å². The van der Waals surface area contributed by atoms with Crippen LogP contribution in [0.4, 0.5) is 5.69 Å². The minimum Gasteiger partial charge on any atom is -0.457 e. The molecular formula is C52H31N3O. The Morgan fingerprint density at radius 1 is 0.411 bits per heavy atom. The van der Waals surface area contributed by atoms with Crippen LogP contribution in [0.1, 0.15) is 22.3 Å². The Morgan fingerprint density at radius 2 is 1.02 bits per heavy atom. The number of aromatic nitrogens is 2. The second kappa shape index (κ2) is 12.5. The molecular weight excluding hydrogens is 683 g/mol. The first-order valence-corrected chi connectivity index (χ1v) is 18.8. The summed E-state index contributed by atoms with van der Waals surface area (Å²) in [7, 11) is 0. The van der Waals surface area contributed by atoms with Gasteiger partial charge >= 0.3 is 0 Å². The summed E-state index contributed by atoms with van der Waals surface area (Å²) < 4.78 is 6.74. The van der Waals surface area contributed by atoms with Gasteiger partial charge < -0.3 is 4.74 Å². The molecule has 0 fully saturated rings. The molecule has 2 heterocycles. The van der Waals surface area contributed by atoms with E-state index >= 15 is 0 Å². The number of ether oxygens (including phenoxy) is 1. The minimum absolute atomic E-state index is 0.621. The summed E-state index contributed by atoms with van der Waals surface area (Å²) in [6, 6.07) is 65.7. The number of fused-ring (bicyclic) bond motifs is 10. The SMILES string of the molecule is [C-]#[N+]c1ccc(-c2ccc3c(c2)C2(c4ccccc4O3)c3ccccc3-c3ccc(-c4cc(-c5ccc6ccccc6c5)nc(-c5ccccc5)n4)cc32)cc1. The molecule has 4 nitrogen and oxygen atoms in total. The highest BCUT2D eigenvalue weighted by atomic mass is 16.5. The number of hydrogen-bond acceptors (Lipinski definition) is 3. The van der Waals surface area contributed by atoms with Crippen LogP contribution >= 0.6 is 0 Å². The van der Waals surface area contributed by atoms with Crippen LogP contribution in [0.2, 0.25) is 0 Å². The van der Waals surface area contributed by atoms with Gasteiger partial charge in [0, 0.05) is 27.8 Å². The zero-order valence-electron chi connectivity index (χ0n) is 30.1. The monoisotopic (exact) mass is 713 g/mol. The number of benzene rings is 8. The lowest BCUT2D eigenvalue weighted by Crippen LogP contribution is -2.32. The van der Waals surface area contributed by atoms with Crippen molar-refractivity contribution in [3.05, 3.63) is 222 Å². The van der Waals surface area contributed by atoms with Crippen LogP contribution in [0.5, 0.6) is 11.5 Å². The van der Waals surface area contributed by atoms with Gasteiger partial charge in [-0.3, -0.25) is 0 Å². The summed E-state index contributed by atoms with van der Waals surface area (Å²) in [4.78, 5) is 14.0. The first-order valence-electron chi connectivity index (χ1n) is 18.8. The van der Waals surface area contributed by atoms with Crippen molar-refractivity contribution in [2.45, 2.75) is 5.41 Å². The van der Waals surface area contributed by atoms with Crippen LogP contribution in [0, 0.1) is 6.57 Å². The summed E-state index contributed by atoms with van der Waals surface area (Å²) in [6.07, 6.45) is 0. The van der Waals surface area contributed by atoms with Gasteiger partial charge in [0.05, 0.1) is 23.4 Å². The fourth-order valence-electron chi connectivity index (χ4n) is 8.78. The van der Waals surface area contributed by atoms with Crippen LogP contribution in [-0.4, -0.2) is 9.97 Å². The van der Waals surface area contributed by atoms with E-state index in [0.29, 0.717) is 11.5 Å². The topological polar surface area (TPSA) is 39.4 Å². The molecule has 0 saturated heterocycles. The standard InChI is InChI=1S/C52H31N3O/c1-53-40-25-21-34(22-26-40)37-24-28-50-46(30-37)52(44-17-9-10-18-49(44)56-50)43-16-8-7-15-41(43)42-27-23-39(31-45(42)52)48-32-47(54-51(55-48)35-12-3-2-4-13-35)38-20-19-33-11-5-6-14-36(33)29-38/h2-32H. The van der Waals surface area contributed by atoms with Crippen LogP contribution in [0.25, 0.3) is 71.8 Å². The third kappa shape index (κ3) is 4.85. The molecule has 1 spiro atoms. The largest absolute Gasteiger partial charge is 0.457 e. The third-order valence-corrected chi connectivity index (χ3v) is 11.4. The molecule has 0 saturated carbocycles. The molecule has 2 aliphatic rings. The Morgan fingerprint density at radius 3 is 1.84 bits per heavy atom. The van der Waals surface area contributed by atoms with Crippen LogP contribution in [0.3, 0.4) is 0 Å². The van der Waals surface area contributed by atoms with Crippen molar-refractivity contribution in [3.8, 4) is 67.7 Å². The van der Waals surface area contributed by atoms with Gasteiger partial charge in [-0.15, -0.1) is 0 Å².